The van der Waals surface area contributed by atoms with Crippen molar-refractivity contribution in [3.8, 4) is 0 Å². The van der Waals surface area contributed by atoms with Crippen LogP contribution in [0.3, 0.4) is 0 Å². The van der Waals surface area contributed by atoms with Crippen molar-refractivity contribution in [1.29, 1.82) is 0 Å². The van der Waals surface area contributed by atoms with E-state index in [1.807, 2.05) is 0 Å². The predicted octanol–water partition coefficient (Wildman–Crippen LogP) is 2.13. The lowest BCUT2D eigenvalue weighted by molar-refractivity contribution is 0.0393. The zero-order valence-electron chi connectivity index (χ0n) is 10.6. The predicted molar refractivity (Wildman–Crippen MR) is 66.7 cm³/mol. The van der Waals surface area contributed by atoms with Crippen molar-refractivity contribution in [3.63, 3.8) is 0 Å². The van der Waals surface area contributed by atoms with Crippen LogP contribution in [0.2, 0.25) is 0 Å². The van der Waals surface area contributed by atoms with Crippen molar-refractivity contribution >= 4 is 6.09 Å². The smallest absolute Gasteiger partial charge is 0.404 e. The summed E-state index contributed by atoms with van der Waals surface area (Å²) >= 11 is 0. The first kappa shape index (κ1) is 12.7. The van der Waals surface area contributed by atoms with E-state index in [-0.39, 0.29) is 6.10 Å². The lowest BCUT2D eigenvalue weighted by atomic mass is 9.88. The first-order chi connectivity index (χ1) is 8.24. The quantitative estimate of drug-likeness (QED) is 0.822. The van der Waals surface area contributed by atoms with Gasteiger partial charge in [0.15, 0.2) is 0 Å². The van der Waals surface area contributed by atoms with Crippen LogP contribution in [0.15, 0.2) is 0 Å². The third-order valence-electron chi connectivity index (χ3n) is 3.99. The summed E-state index contributed by atoms with van der Waals surface area (Å²) in [6.45, 7) is 3.20. The Hall–Kier alpha value is -0.770. The van der Waals surface area contributed by atoms with E-state index >= 15 is 0 Å². The van der Waals surface area contributed by atoms with Crippen LogP contribution in [-0.2, 0) is 4.74 Å². The Morgan fingerprint density at radius 1 is 1.18 bits per heavy atom. The molecule has 1 saturated carbocycles. The highest BCUT2D eigenvalue weighted by molar-refractivity contribution is 5.64. The van der Waals surface area contributed by atoms with Crippen LogP contribution in [0, 0.1) is 5.92 Å². The van der Waals surface area contributed by atoms with Crippen molar-refractivity contribution in [1.82, 2.24) is 4.90 Å². The van der Waals surface area contributed by atoms with Gasteiger partial charge in [-0.3, -0.25) is 4.90 Å². The molecule has 1 heterocycles. The molecule has 0 aromatic heterocycles. The highest BCUT2D eigenvalue weighted by Gasteiger charge is 2.24. The van der Waals surface area contributed by atoms with Gasteiger partial charge in [-0.05, 0) is 38.1 Å². The van der Waals surface area contributed by atoms with Crippen LogP contribution in [0.1, 0.15) is 44.9 Å². The number of carbonyl (C=O) groups excluding carboxylic acids is 1. The highest BCUT2D eigenvalue weighted by atomic mass is 16.6. The van der Waals surface area contributed by atoms with Crippen molar-refractivity contribution in [2.45, 2.75) is 51.0 Å². The zero-order chi connectivity index (χ0) is 12.1. The fourth-order valence-electron chi connectivity index (χ4n) is 3.17. The summed E-state index contributed by atoms with van der Waals surface area (Å²) < 4.78 is 5.11. The largest absolute Gasteiger partial charge is 0.445 e. The number of ether oxygens (including phenoxy) is 1. The Balaban J connectivity index is 1.74. The van der Waals surface area contributed by atoms with Gasteiger partial charge in [0.05, 0.1) is 0 Å². The van der Waals surface area contributed by atoms with Crippen LogP contribution >= 0.6 is 0 Å². The molecule has 0 aromatic rings. The number of nitrogens with zero attached hydrogens (tertiary/aromatic N) is 1. The van der Waals surface area contributed by atoms with Crippen molar-refractivity contribution in [2.24, 2.45) is 11.7 Å². The third-order valence-corrected chi connectivity index (χ3v) is 3.99. The maximum Gasteiger partial charge on any atom is 0.404 e. The van der Waals surface area contributed by atoms with E-state index in [1.165, 1.54) is 38.6 Å². The molecule has 17 heavy (non-hydrogen) atoms. The molecular weight excluding hydrogens is 216 g/mol. The third kappa shape index (κ3) is 4.19. The van der Waals surface area contributed by atoms with Gasteiger partial charge in [0.2, 0.25) is 0 Å². The topological polar surface area (TPSA) is 55.6 Å². The summed E-state index contributed by atoms with van der Waals surface area (Å²) in [6.07, 6.45) is 8.40. The van der Waals surface area contributed by atoms with Gasteiger partial charge >= 0.3 is 6.09 Å². The van der Waals surface area contributed by atoms with Crippen LogP contribution in [-0.4, -0.2) is 36.7 Å². The summed E-state index contributed by atoms with van der Waals surface area (Å²) in [4.78, 5) is 13.2. The SMILES string of the molecule is NC(=O)O[C@@H]1CCCN(CC2CCCCC2)C1. The molecule has 0 bridgehead atoms. The molecular formula is C13H24N2O2. The second-order valence-corrected chi connectivity index (χ2v) is 5.46. The monoisotopic (exact) mass is 240 g/mol. The Kier molecular flexibility index (Phi) is 4.66. The van der Waals surface area contributed by atoms with Crippen LogP contribution in [0.25, 0.3) is 0 Å². The zero-order valence-corrected chi connectivity index (χ0v) is 10.6. The van der Waals surface area contributed by atoms with Crippen LogP contribution in [0.4, 0.5) is 4.79 Å². The van der Waals surface area contributed by atoms with E-state index in [0.29, 0.717) is 0 Å². The fourth-order valence-corrected chi connectivity index (χ4v) is 3.17. The molecule has 0 aromatic carbocycles. The van der Waals surface area contributed by atoms with Crippen molar-refractivity contribution in [3.05, 3.63) is 0 Å². The van der Waals surface area contributed by atoms with Gasteiger partial charge in [0.1, 0.15) is 6.10 Å². The number of rotatable bonds is 3. The van der Waals surface area contributed by atoms with Crippen LogP contribution < -0.4 is 5.73 Å². The summed E-state index contributed by atoms with van der Waals surface area (Å²) in [7, 11) is 0. The summed E-state index contributed by atoms with van der Waals surface area (Å²) in [5.41, 5.74) is 5.07. The van der Waals surface area contributed by atoms with Crippen molar-refractivity contribution in [2.75, 3.05) is 19.6 Å². The number of likely N-dealkylation sites (tertiary alicyclic amines) is 1. The molecule has 4 nitrogen and oxygen atoms in total. The van der Waals surface area contributed by atoms with Gasteiger partial charge in [-0.15, -0.1) is 0 Å². The molecule has 0 spiro atoms. The minimum Gasteiger partial charge on any atom is -0.445 e. The number of carbonyl (C=O) groups is 1. The summed E-state index contributed by atoms with van der Waals surface area (Å²) in [5, 5.41) is 0. The van der Waals surface area contributed by atoms with Gasteiger partial charge in [-0.1, -0.05) is 19.3 Å². The number of piperidine rings is 1. The van der Waals surface area contributed by atoms with E-state index in [4.69, 9.17) is 10.5 Å². The molecule has 1 aliphatic heterocycles. The molecule has 98 valence electrons. The molecule has 1 atom stereocenters. The van der Waals surface area contributed by atoms with Gasteiger partial charge in [0.25, 0.3) is 0 Å². The lowest BCUT2D eigenvalue weighted by Crippen LogP contribution is -2.43. The van der Waals surface area contributed by atoms with Gasteiger partial charge in [-0.25, -0.2) is 4.79 Å². The normalized spacial score (nSPS) is 27.9. The lowest BCUT2D eigenvalue weighted by Gasteiger charge is -2.35. The highest BCUT2D eigenvalue weighted by Crippen LogP contribution is 2.25. The summed E-state index contributed by atoms with van der Waals surface area (Å²) in [5.74, 6) is 0.857. The second kappa shape index (κ2) is 6.24. The molecule has 0 radical (unpaired) electrons. The molecule has 2 N–H and O–H groups in total. The van der Waals surface area contributed by atoms with E-state index < -0.39 is 6.09 Å². The van der Waals surface area contributed by atoms with Crippen LogP contribution in [0.5, 0.6) is 0 Å². The fraction of sp³-hybridized carbons (Fsp3) is 0.923. The first-order valence-electron chi connectivity index (χ1n) is 6.92. The Labute approximate surface area is 103 Å². The van der Waals surface area contributed by atoms with Crippen molar-refractivity contribution < 1.29 is 9.53 Å². The van der Waals surface area contributed by atoms with Gasteiger partial charge < -0.3 is 10.5 Å². The maximum absolute atomic E-state index is 10.7. The Morgan fingerprint density at radius 2 is 1.94 bits per heavy atom. The summed E-state index contributed by atoms with van der Waals surface area (Å²) in [6, 6.07) is 0. The first-order valence-corrected chi connectivity index (χ1v) is 6.92. The minimum atomic E-state index is -0.630. The average Bonchev–Trinajstić information content (AvgIpc) is 2.30. The molecule has 2 fully saturated rings. The molecule has 1 aliphatic carbocycles. The van der Waals surface area contributed by atoms with E-state index in [0.717, 1.165) is 31.8 Å². The Morgan fingerprint density at radius 3 is 2.65 bits per heavy atom. The number of hydrogen-bond donors (Lipinski definition) is 1. The molecule has 2 aliphatic rings. The van der Waals surface area contributed by atoms with E-state index in [9.17, 15) is 4.79 Å². The number of amides is 1. The average molecular weight is 240 g/mol. The molecule has 1 amide bonds. The van der Waals surface area contributed by atoms with E-state index in [2.05, 4.69) is 4.90 Å². The van der Waals surface area contributed by atoms with E-state index in [1.54, 1.807) is 0 Å². The number of nitrogens with two attached hydrogens (primary N) is 1. The van der Waals surface area contributed by atoms with Gasteiger partial charge in [-0.2, -0.15) is 0 Å². The standard InChI is InChI=1S/C13H24N2O2/c14-13(16)17-12-7-4-8-15(10-12)9-11-5-2-1-3-6-11/h11-12H,1-10H2,(H2,14,16)/t12-/m1/s1. The molecule has 2 rings (SSSR count). The number of primary amides is 1. The number of hydrogen-bond acceptors (Lipinski definition) is 3. The molecule has 4 heteroatoms. The minimum absolute atomic E-state index is 0.0184. The Bertz CT molecular complexity index is 252. The molecule has 0 unspecified atom stereocenters. The molecule has 1 saturated heterocycles. The second-order valence-electron chi connectivity index (χ2n) is 5.46. The maximum atomic E-state index is 10.7. The van der Waals surface area contributed by atoms with Gasteiger partial charge in [0, 0.05) is 13.1 Å².